The van der Waals surface area contributed by atoms with Crippen molar-refractivity contribution in [3.05, 3.63) is 60.0 Å². The maximum Gasteiger partial charge on any atom is 0.251 e. The average molecular weight is 392 g/mol. The van der Waals surface area contributed by atoms with Crippen LogP contribution >= 0.6 is 0 Å². The number of carbonyl (C=O) groups is 1. The molecule has 1 saturated heterocycles. The van der Waals surface area contributed by atoms with Crippen molar-refractivity contribution < 1.29 is 13.9 Å². The Bertz CT molecular complexity index is 993. The summed E-state index contributed by atoms with van der Waals surface area (Å²) in [5.74, 6) is 1.71. The van der Waals surface area contributed by atoms with Gasteiger partial charge in [-0.05, 0) is 43.2 Å². The number of anilines is 1. The van der Waals surface area contributed by atoms with Crippen LogP contribution in [0.15, 0.2) is 52.9 Å². The van der Waals surface area contributed by atoms with E-state index in [1.54, 1.807) is 26.2 Å². The topological polar surface area (TPSA) is 80.5 Å². The molecule has 2 aromatic carbocycles. The first kappa shape index (κ1) is 19.0. The van der Waals surface area contributed by atoms with Crippen molar-refractivity contribution >= 4 is 11.6 Å². The van der Waals surface area contributed by atoms with Crippen molar-refractivity contribution in [2.24, 2.45) is 0 Å². The van der Waals surface area contributed by atoms with Gasteiger partial charge in [0, 0.05) is 37.2 Å². The molecule has 1 aliphatic rings. The van der Waals surface area contributed by atoms with Gasteiger partial charge >= 0.3 is 0 Å². The minimum Gasteiger partial charge on any atom is -0.495 e. The summed E-state index contributed by atoms with van der Waals surface area (Å²) in [4.78, 5) is 15.0. The average Bonchev–Trinajstić information content (AvgIpc) is 3.21. The van der Waals surface area contributed by atoms with Gasteiger partial charge < -0.3 is 19.4 Å². The summed E-state index contributed by atoms with van der Waals surface area (Å²) in [5.41, 5.74) is 2.43. The number of piperidine rings is 1. The minimum absolute atomic E-state index is 0.0844. The molecule has 0 radical (unpaired) electrons. The Balaban J connectivity index is 1.38. The maximum absolute atomic E-state index is 12.7. The molecule has 3 aromatic rings. The van der Waals surface area contributed by atoms with Gasteiger partial charge in [0.15, 0.2) is 0 Å². The quantitative estimate of drug-likeness (QED) is 0.716. The summed E-state index contributed by atoms with van der Waals surface area (Å²) < 4.78 is 10.9. The second kappa shape index (κ2) is 8.34. The molecule has 29 heavy (non-hydrogen) atoms. The highest BCUT2D eigenvalue weighted by molar-refractivity contribution is 5.95. The molecule has 0 saturated carbocycles. The van der Waals surface area contributed by atoms with Crippen LogP contribution in [0.3, 0.4) is 0 Å². The smallest absolute Gasteiger partial charge is 0.251 e. The van der Waals surface area contributed by atoms with Gasteiger partial charge in [-0.25, -0.2) is 0 Å². The van der Waals surface area contributed by atoms with Crippen molar-refractivity contribution in [2.45, 2.75) is 25.8 Å². The van der Waals surface area contributed by atoms with Crippen LogP contribution in [0.2, 0.25) is 0 Å². The van der Waals surface area contributed by atoms with Gasteiger partial charge in [-0.15, -0.1) is 10.2 Å². The Morgan fingerprint density at radius 1 is 1.14 bits per heavy atom. The fourth-order valence-electron chi connectivity index (χ4n) is 3.63. The molecule has 7 nitrogen and oxygen atoms in total. The lowest BCUT2D eigenvalue weighted by Gasteiger charge is -2.34. The van der Waals surface area contributed by atoms with Gasteiger partial charge in [0.25, 0.3) is 5.91 Å². The van der Waals surface area contributed by atoms with Crippen LogP contribution in [0.5, 0.6) is 5.75 Å². The lowest BCUT2D eigenvalue weighted by Crippen LogP contribution is -2.44. The molecule has 4 rings (SSSR count). The molecule has 0 atom stereocenters. The van der Waals surface area contributed by atoms with Crippen molar-refractivity contribution in [2.75, 3.05) is 25.1 Å². The van der Waals surface area contributed by atoms with E-state index < -0.39 is 0 Å². The van der Waals surface area contributed by atoms with Gasteiger partial charge in [-0.2, -0.15) is 0 Å². The number of aryl methyl sites for hydroxylation is 1. The zero-order valence-corrected chi connectivity index (χ0v) is 16.6. The fourth-order valence-corrected chi connectivity index (χ4v) is 3.63. The number of para-hydroxylation sites is 2. The Labute approximate surface area is 169 Å². The van der Waals surface area contributed by atoms with E-state index in [4.69, 9.17) is 9.15 Å². The standard InChI is InChI=1S/C22H24N4O3/c1-15-24-25-22(29-15)17-7-5-6-16(14-17)21(27)23-18-10-12-26(13-11-18)19-8-3-4-9-20(19)28-2/h3-9,14,18H,10-13H2,1-2H3,(H,23,27). The maximum atomic E-state index is 12.7. The number of aromatic nitrogens is 2. The number of rotatable bonds is 5. The SMILES string of the molecule is COc1ccccc1N1CCC(NC(=O)c2cccc(-c3nnc(C)o3)c2)CC1. The molecule has 1 amide bonds. The normalized spacial score (nSPS) is 14.6. The number of methoxy groups -OCH3 is 1. The Kier molecular flexibility index (Phi) is 5.46. The molecule has 0 aliphatic carbocycles. The Morgan fingerprint density at radius 2 is 1.93 bits per heavy atom. The van der Waals surface area contributed by atoms with E-state index in [9.17, 15) is 4.79 Å². The number of carbonyl (C=O) groups excluding carboxylic acids is 1. The molecule has 0 spiro atoms. The molecule has 7 heteroatoms. The summed E-state index contributed by atoms with van der Waals surface area (Å²) in [5, 5.41) is 11.0. The number of ether oxygens (including phenoxy) is 1. The van der Waals surface area contributed by atoms with Crippen molar-refractivity contribution in [3.63, 3.8) is 0 Å². The summed E-state index contributed by atoms with van der Waals surface area (Å²) in [6.07, 6.45) is 1.76. The molecule has 2 heterocycles. The highest BCUT2D eigenvalue weighted by atomic mass is 16.5. The lowest BCUT2D eigenvalue weighted by atomic mass is 10.0. The van der Waals surface area contributed by atoms with E-state index in [0.29, 0.717) is 17.3 Å². The Morgan fingerprint density at radius 3 is 2.66 bits per heavy atom. The first-order valence-electron chi connectivity index (χ1n) is 9.73. The monoisotopic (exact) mass is 392 g/mol. The first-order valence-corrected chi connectivity index (χ1v) is 9.73. The molecule has 1 N–H and O–H groups in total. The third kappa shape index (κ3) is 4.23. The third-order valence-electron chi connectivity index (χ3n) is 5.15. The van der Waals surface area contributed by atoms with Gasteiger partial charge in [-0.1, -0.05) is 18.2 Å². The Hall–Kier alpha value is -3.35. The zero-order chi connectivity index (χ0) is 20.2. The number of nitrogens with zero attached hydrogens (tertiary/aromatic N) is 3. The molecule has 0 bridgehead atoms. The van der Waals surface area contributed by atoms with E-state index in [2.05, 4.69) is 26.5 Å². The zero-order valence-electron chi connectivity index (χ0n) is 16.6. The predicted octanol–water partition coefficient (Wildman–Crippen LogP) is 3.45. The highest BCUT2D eigenvalue weighted by Crippen LogP contribution is 2.30. The van der Waals surface area contributed by atoms with E-state index in [1.165, 1.54) is 0 Å². The minimum atomic E-state index is -0.0844. The highest BCUT2D eigenvalue weighted by Gasteiger charge is 2.23. The molecule has 0 unspecified atom stereocenters. The molecular weight excluding hydrogens is 368 g/mol. The summed E-state index contributed by atoms with van der Waals surface area (Å²) in [7, 11) is 1.69. The number of benzene rings is 2. The van der Waals surface area contributed by atoms with Crippen LogP contribution in [0.25, 0.3) is 11.5 Å². The number of hydrogen-bond donors (Lipinski definition) is 1. The van der Waals surface area contributed by atoms with E-state index in [1.807, 2.05) is 30.3 Å². The summed E-state index contributed by atoms with van der Waals surface area (Å²) in [6.45, 7) is 3.48. The van der Waals surface area contributed by atoms with Gasteiger partial charge in [0.1, 0.15) is 5.75 Å². The lowest BCUT2D eigenvalue weighted by molar-refractivity contribution is 0.0931. The van der Waals surface area contributed by atoms with E-state index in [-0.39, 0.29) is 11.9 Å². The number of amides is 1. The second-order valence-corrected chi connectivity index (χ2v) is 7.11. The molecular formula is C22H24N4O3. The first-order chi connectivity index (χ1) is 14.1. The van der Waals surface area contributed by atoms with Crippen LogP contribution < -0.4 is 15.0 Å². The van der Waals surface area contributed by atoms with Crippen LogP contribution in [-0.2, 0) is 0 Å². The van der Waals surface area contributed by atoms with Crippen LogP contribution in [0, 0.1) is 6.92 Å². The second-order valence-electron chi connectivity index (χ2n) is 7.11. The summed E-state index contributed by atoms with van der Waals surface area (Å²) >= 11 is 0. The van der Waals surface area contributed by atoms with Crippen molar-refractivity contribution in [1.82, 2.24) is 15.5 Å². The van der Waals surface area contributed by atoms with Crippen LogP contribution in [-0.4, -0.2) is 42.3 Å². The van der Waals surface area contributed by atoms with Gasteiger partial charge in [0.05, 0.1) is 12.8 Å². The largest absolute Gasteiger partial charge is 0.495 e. The third-order valence-corrected chi connectivity index (χ3v) is 5.15. The number of nitrogens with one attached hydrogen (secondary N) is 1. The van der Waals surface area contributed by atoms with Gasteiger partial charge in [-0.3, -0.25) is 4.79 Å². The molecule has 1 fully saturated rings. The fraction of sp³-hybridized carbons (Fsp3) is 0.318. The van der Waals surface area contributed by atoms with Crippen LogP contribution in [0.1, 0.15) is 29.1 Å². The van der Waals surface area contributed by atoms with Crippen LogP contribution in [0.4, 0.5) is 5.69 Å². The van der Waals surface area contributed by atoms with E-state index in [0.717, 1.165) is 42.9 Å². The van der Waals surface area contributed by atoms with Crippen molar-refractivity contribution in [3.8, 4) is 17.2 Å². The molecule has 1 aliphatic heterocycles. The predicted molar refractivity (Wildman–Crippen MR) is 110 cm³/mol. The number of hydrogen-bond acceptors (Lipinski definition) is 6. The van der Waals surface area contributed by atoms with Gasteiger partial charge in [0.2, 0.25) is 11.8 Å². The van der Waals surface area contributed by atoms with E-state index >= 15 is 0 Å². The van der Waals surface area contributed by atoms with Crippen molar-refractivity contribution in [1.29, 1.82) is 0 Å². The molecule has 150 valence electrons. The summed E-state index contributed by atoms with van der Waals surface area (Å²) in [6, 6.07) is 15.4. The molecule has 1 aromatic heterocycles.